The average molecular weight is 592 g/mol. The number of hydrogen-bond donors (Lipinski definition) is 5. The number of benzene rings is 2. The van der Waals surface area contributed by atoms with E-state index in [1.54, 1.807) is 55.9 Å². The van der Waals surface area contributed by atoms with Gasteiger partial charge in [-0.2, -0.15) is 0 Å². The predicted molar refractivity (Wildman–Crippen MR) is 156 cm³/mol. The van der Waals surface area contributed by atoms with Crippen LogP contribution in [-0.4, -0.2) is 68.5 Å². The van der Waals surface area contributed by atoms with Crippen LogP contribution in [0.5, 0.6) is 11.5 Å². The third kappa shape index (κ3) is 8.31. The van der Waals surface area contributed by atoms with Crippen LogP contribution in [0.2, 0.25) is 0 Å². The Morgan fingerprint density at radius 1 is 1.00 bits per heavy atom. The molecular formula is C30H37N7O6. The molecule has 5 N–H and O–H groups in total. The number of phenols is 1. The number of fused-ring (bicyclic) bond motifs is 3. The Labute approximate surface area is 249 Å². The normalized spacial score (nSPS) is 20.6. The van der Waals surface area contributed by atoms with Gasteiger partial charge >= 0.3 is 0 Å². The summed E-state index contributed by atoms with van der Waals surface area (Å²) in [5.74, 6) is -2.06. The molecule has 2 aromatic carbocycles. The van der Waals surface area contributed by atoms with Crippen LogP contribution in [0.3, 0.4) is 0 Å². The number of nitrogens with zero attached hydrogens (tertiary/aromatic N) is 3. The lowest BCUT2D eigenvalue weighted by Crippen LogP contribution is -2.58. The van der Waals surface area contributed by atoms with Crippen LogP contribution in [0.25, 0.3) is 0 Å². The van der Waals surface area contributed by atoms with Gasteiger partial charge in [0.05, 0.1) is 24.8 Å². The van der Waals surface area contributed by atoms with Crippen molar-refractivity contribution in [2.24, 2.45) is 5.92 Å². The summed E-state index contributed by atoms with van der Waals surface area (Å²) < 4.78 is 7.51. The Kier molecular flexibility index (Phi) is 9.96. The minimum Gasteiger partial charge on any atom is -0.508 e. The summed E-state index contributed by atoms with van der Waals surface area (Å²) >= 11 is 0. The van der Waals surface area contributed by atoms with Gasteiger partial charge in [-0.15, -0.1) is 5.10 Å². The standard InChI is InChI=1S/C30H37N7O6/c1-17(2)26-30(42)32-19(4)27(39)31-15-21-16-37(36-35-21)11-12-43-25-10-5-18(3)13-23(25)28(40)33-24(29(41)34-26)14-20-6-8-22(38)9-7-20/h5-10,13,16-17,19,24,26,38H,11-12,14-15H2,1-4H3,(H,31,39)(H,32,42)(H,33,40)(H,34,41)/t19-,24+,26+/m1/s1. The first kappa shape index (κ1) is 31.0. The fraction of sp³-hybridized carbons (Fsp3) is 0.400. The van der Waals surface area contributed by atoms with Gasteiger partial charge in [0.15, 0.2) is 0 Å². The second kappa shape index (κ2) is 13.8. The van der Waals surface area contributed by atoms with E-state index in [0.717, 1.165) is 5.56 Å². The number of aromatic hydroxyl groups is 1. The predicted octanol–water partition coefficient (Wildman–Crippen LogP) is 0.988. The summed E-state index contributed by atoms with van der Waals surface area (Å²) in [4.78, 5) is 53.2. The number of ether oxygens (including phenoxy) is 1. The number of carbonyl (C=O) groups is 4. The van der Waals surface area contributed by atoms with Crippen LogP contribution in [0.1, 0.15) is 48.0 Å². The zero-order valence-corrected chi connectivity index (χ0v) is 24.6. The molecule has 3 atom stereocenters. The van der Waals surface area contributed by atoms with Gasteiger partial charge in [0.25, 0.3) is 5.91 Å². The lowest BCUT2D eigenvalue weighted by molar-refractivity contribution is -0.133. The van der Waals surface area contributed by atoms with E-state index in [1.165, 1.54) is 12.1 Å². The van der Waals surface area contributed by atoms with Crippen molar-refractivity contribution in [1.82, 2.24) is 36.3 Å². The molecule has 4 rings (SSSR count). The lowest BCUT2D eigenvalue weighted by Gasteiger charge is -2.27. The second-order valence-electron chi connectivity index (χ2n) is 10.9. The first-order valence-electron chi connectivity index (χ1n) is 14.1. The molecule has 0 radical (unpaired) electrons. The largest absolute Gasteiger partial charge is 0.508 e. The van der Waals surface area contributed by atoms with Gasteiger partial charge < -0.3 is 31.1 Å². The Bertz CT molecular complexity index is 1470. The lowest BCUT2D eigenvalue weighted by atomic mass is 10.00. The van der Waals surface area contributed by atoms with E-state index in [4.69, 9.17) is 4.74 Å². The Morgan fingerprint density at radius 3 is 2.47 bits per heavy atom. The highest BCUT2D eigenvalue weighted by Crippen LogP contribution is 2.21. The molecule has 1 aliphatic rings. The summed E-state index contributed by atoms with van der Waals surface area (Å²) in [6, 6.07) is 8.48. The SMILES string of the molecule is Cc1ccc2c(c1)C(=O)N[C@@H](Cc1ccc(O)cc1)C(=O)N[C@@H](C(C)C)C(=O)N[C@H](C)C(=O)NCc1cn(nn1)CCO2. The molecule has 13 nitrogen and oxygen atoms in total. The van der Waals surface area contributed by atoms with Gasteiger partial charge in [-0.3, -0.25) is 19.2 Å². The van der Waals surface area contributed by atoms with E-state index in [2.05, 4.69) is 31.6 Å². The van der Waals surface area contributed by atoms with E-state index in [-0.39, 0.29) is 36.8 Å². The van der Waals surface area contributed by atoms with E-state index in [1.807, 2.05) is 13.0 Å². The van der Waals surface area contributed by atoms with Crippen molar-refractivity contribution in [2.75, 3.05) is 6.61 Å². The maximum absolute atomic E-state index is 13.7. The average Bonchev–Trinajstić information content (AvgIpc) is 3.42. The van der Waals surface area contributed by atoms with Gasteiger partial charge in [-0.1, -0.05) is 42.8 Å². The van der Waals surface area contributed by atoms with Gasteiger partial charge in [-0.05, 0) is 49.6 Å². The summed E-state index contributed by atoms with van der Waals surface area (Å²) in [6.07, 6.45) is 1.76. The van der Waals surface area contributed by atoms with E-state index >= 15 is 0 Å². The van der Waals surface area contributed by atoms with E-state index < -0.39 is 41.8 Å². The van der Waals surface area contributed by atoms with Gasteiger partial charge in [0.2, 0.25) is 17.7 Å². The smallest absolute Gasteiger partial charge is 0.255 e. The molecule has 0 unspecified atom stereocenters. The third-order valence-corrected chi connectivity index (χ3v) is 6.98. The maximum Gasteiger partial charge on any atom is 0.255 e. The van der Waals surface area contributed by atoms with Crippen LogP contribution < -0.4 is 26.0 Å². The molecule has 2 bridgehead atoms. The fourth-order valence-corrected chi connectivity index (χ4v) is 4.53. The van der Waals surface area contributed by atoms with Crippen molar-refractivity contribution in [3.63, 3.8) is 0 Å². The number of carbonyl (C=O) groups excluding carboxylic acids is 4. The number of aryl methyl sites for hydroxylation is 1. The second-order valence-corrected chi connectivity index (χ2v) is 10.9. The van der Waals surface area contributed by atoms with Crippen molar-refractivity contribution in [1.29, 1.82) is 0 Å². The van der Waals surface area contributed by atoms with Crippen molar-refractivity contribution in [2.45, 2.75) is 65.3 Å². The minimum atomic E-state index is -1.08. The fourth-order valence-electron chi connectivity index (χ4n) is 4.53. The molecular weight excluding hydrogens is 554 g/mol. The van der Waals surface area contributed by atoms with Crippen LogP contribution in [0, 0.1) is 12.8 Å². The van der Waals surface area contributed by atoms with Crippen molar-refractivity contribution >= 4 is 23.6 Å². The van der Waals surface area contributed by atoms with E-state index in [0.29, 0.717) is 23.6 Å². The number of aromatic nitrogens is 3. The molecule has 13 heteroatoms. The number of rotatable bonds is 3. The van der Waals surface area contributed by atoms with Crippen molar-refractivity contribution in [3.8, 4) is 11.5 Å². The van der Waals surface area contributed by atoms with Crippen LogP contribution in [-0.2, 0) is 33.9 Å². The first-order valence-corrected chi connectivity index (χ1v) is 14.1. The maximum atomic E-state index is 13.7. The van der Waals surface area contributed by atoms with Gasteiger partial charge in [-0.25, -0.2) is 4.68 Å². The monoisotopic (exact) mass is 591 g/mol. The molecule has 0 saturated heterocycles. The molecule has 1 aromatic heterocycles. The molecule has 1 aliphatic heterocycles. The molecule has 0 spiro atoms. The molecule has 3 aromatic rings. The zero-order chi connectivity index (χ0) is 31.1. The number of hydrogen-bond acceptors (Lipinski definition) is 8. The zero-order valence-electron chi connectivity index (χ0n) is 24.6. The number of phenolic OH excluding ortho intramolecular Hbond substituents is 1. The quantitative estimate of drug-likeness (QED) is 0.299. The molecule has 2 heterocycles. The molecule has 0 saturated carbocycles. The summed E-state index contributed by atoms with van der Waals surface area (Å²) in [5.41, 5.74) is 2.26. The first-order chi connectivity index (χ1) is 20.5. The topological polar surface area (TPSA) is 177 Å². The highest BCUT2D eigenvalue weighted by atomic mass is 16.5. The summed E-state index contributed by atoms with van der Waals surface area (Å²) in [6.45, 7) is 7.51. The summed E-state index contributed by atoms with van der Waals surface area (Å²) in [7, 11) is 0. The van der Waals surface area contributed by atoms with Crippen LogP contribution in [0.4, 0.5) is 0 Å². The van der Waals surface area contributed by atoms with Crippen molar-refractivity contribution < 1.29 is 29.0 Å². The van der Waals surface area contributed by atoms with E-state index in [9.17, 15) is 24.3 Å². The minimum absolute atomic E-state index is 0.0619. The number of nitrogens with one attached hydrogen (secondary N) is 4. The number of amides is 4. The van der Waals surface area contributed by atoms with Gasteiger partial charge in [0.1, 0.15) is 41.9 Å². The Hall–Kier alpha value is -4.94. The van der Waals surface area contributed by atoms with Crippen LogP contribution in [0.15, 0.2) is 48.7 Å². The Balaban J connectivity index is 1.67. The molecule has 0 fully saturated rings. The molecule has 228 valence electrons. The Morgan fingerprint density at radius 2 is 1.74 bits per heavy atom. The molecule has 43 heavy (non-hydrogen) atoms. The molecule has 4 amide bonds. The summed E-state index contributed by atoms with van der Waals surface area (Å²) in [5, 5.41) is 28.8. The molecule has 0 aliphatic carbocycles. The van der Waals surface area contributed by atoms with Crippen LogP contribution >= 0.6 is 0 Å². The highest BCUT2D eigenvalue weighted by molar-refractivity contribution is 6.00. The van der Waals surface area contributed by atoms with Crippen molar-refractivity contribution in [3.05, 3.63) is 71.0 Å². The highest BCUT2D eigenvalue weighted by Gasteiger charge is 2.31. The third-order valence-electron chi connectivity index (χ3n) is 6.98. The van der Waals surface area contributed by atoms with Gasteiger partial charge in [0, 0.05) is 6.42 Å².